The van der Waals surface area contributed by atoms with Crippen LogP contribution in [0.15, 0.2) is 18.2 Å². The van der Waals surface area contributed by atoms with E-state index in [1.54, 1.807) is 18.2 Å². The van der Waals surface area contributed by atoms with Crippen LogP contribution in [0.3, 0.4) is 0 Å². The van der Waals surface area contributed by atoms with Crippen molar-refractivity contribution in [3.05, 3.63) is 28.2 Å². The highest BCUT2D eigenvalue weighted by Gasteiger charge is 2.13. The summed E-state index contributed by atoms with van der Waals surface area (Å²) in [6.07, 6.45) is 3.34. The predicted molar refractivity (Wildman–Crippen MR) is 70.1 cm³/mol. The average molecular weight is 275 g/mol. The quantitative estimate of drug-likeness (QED) is 0.820. The molecule has 1 aliphatic rings. The van der Waals surface area contributed by atoms with Crippen molar-refractivity contribution in [2.45, 2.75) is 19.3 Å². The van der Waals surface area contributed by atoms with Gasteiger partial charge in [0, 0.05) is 23.3 Å². The van der Waals surface area contributed by atoms with Gasteiger partial charge in [0.15, 0.2) is 0 Å². The Labute approximate surface area is 112 Å². The zero-order chi connectivity index (χ0) is 12.1. The Kier molecular flexibility index (Phi) is 4.96. The van der Waals surface area contributed by atoms with Gasteiger partial charge < -0.3 is 9.47 Å². The molecule has 0 N–H and O–H groups in total. The summed E-state index contributed by atoms with van der Waals surface area (Å²) in [4.78, 5) is 0. The summed E-state index contributed by atoms with van der Waals surface area (Å²) >= 11 is 11.8. The molecule has 1 heterocycles. The molecule has 94 valence electrons. The summed E-state index contributed by atoms with van der Waals surface area (Å²) in [6, 6.07) is 5.28. The molecular weight excluding hydrogens is 259 g/mol. The molecule has 0 bridgehead atoms. The minimum absolute atomic E-state index is 0.610. The first-order chi connectivity index (χ1) is 8.24. The summed E-state index contributed by atoms with van der Waals surface area (Å²) in [6.45, 7) is 2.47. The number of rotatable bonds is 4. The summed E-state index contributed by atoms with van der Waals surface area (Å²) < 4.78 is 11.0. The highest BCUT2D eigenvalue weighted by molar-refractivity contribution is 6.34. The Morgan fingerprint density at radius 1 is 1.12 bits per heavy atom. The van der Waals surface area contributed by atoms with E-state index in [-0.39, 0.29) is 0 Å². The Balaban J connectivity index is 1.77. The van der Waals surface area contributed by atoms with Crippen molar-refractivity contribution in [2.75, 3.05) is 19.8 Å². The van der Waals surface area contributed by atoms with Gasteiger partial charge in [0.1, 0.15) is 5.75 Å². The van der Waals surface area contributed by atoms with Crippen molar-refractivity contribution >= 4 is 23.2 Å². The van der Waals surface area contributed by atoms with E-state index in [9.17, 15) is 0 Å². The standard InChI is InChI=1S/C13H16Cl2O2/c14-11-7-12(15)9-13(8-11)17-6-3-10-1-4-16-5-2-10/h7-10H,1-6H2. The molecule has 0 amide bonds. The monoisotopic (exact) mass is 274 g/mol. The molecule has 1 aromatic carbocycles. The lowest BCUT2D eigenvalue weighted by molar-refractivity contribution is 0.0593. The molecule has 0 radical (unpaired) electrons. The molecule has 2 rings (SSSR count). The van der Waals surface area contributed by atoms with Crippen molar-refractivity contribution in [1.82, 2.24) is 0 Å². The Bertz CT molecular complexity index is 342. The Hall–Kier alpha value is -0.440. The van der Waals surface area contributed by atoms with Crippen LogP contribution >= 0.6 is 23.2 Å². The lowest BCUT2D eigenvalue weighted by atomic mass is 9.97. The number of ether oxygens (including phenoxy) is 2. The third-order valence-corrected chi connectivity index (χ3v) is 3.41. The molecule has 1 saturated heterocycles. The fourth-order valence-corrected chi connectivity index (χ4v) is 2.50. The highest BCUT2D eigenvalue weighted by Crippen LogP contribution is 2.25. The van der Waals surface area contributed by atoms with Gasteiger partial charge in [-0.1, -0.05) is 23.2 Å². The molecule has 0 atom stereocenters. The van der Waals surface area contributed by atoms with E-state index in [4.69, 9.17) is 32.7 Å². The van der Waals surface area contributed by atoms with E-state index >= 15 is 0 Å². The molecule has 1 aliphatic heterocycles. The zero-order valence-corrected chi connectivity index (χ0v) is 11.1. The van der Waals surface area contributed by atoms with Crippen LogP contribution in [0.2, 0.25) is 10.0 Å². The molecule has 0 unspecified atom stereocenters. The summed E-state index contributed by atoms with van der Waals surface area (Å²) in [7, 11) is 0. The second-order valence-electron chi connectivity index (χ2n) is 4.30. The van der Waals surface area contributed by atoms with E-state index in [0.717, 1.165) is 44.1 Å². The van der Waals surface area contributed by atoms with Crippen LogP contribution in [0.5, 0.6) is 5.75 Å². The number of hydrogen-bond acceptors (Lipinski definition) is 2. The molecule has 4 heteroatoms. The maximum Gasteiger partial charge on any atom is 0.122 e. The molecule has 1 fully saturated rings. The topological polar surface area (TPSA) is 18.5 Å². The van der Waals surface area contributed by atoms with Crippen LogP contribution in [0.4, 0.5) is 0 Å². The lowest BCUT2D eigenvalue weighted by Gasteiger charge is -2.21. The van der Waals surface area contributed by atoms with Gasteiger partial charge in [-0.25, -0.2) is 0 Å². The number of halogens is 2. The van der Waals surface area contributed by atoms with Crippen molar-refractivity contribution in [3.8, 4) is 5.75 Å². The maximum absolute atomic E-state index is 5.90. The molecular formula is C13H16Cl2O2. The minimum atomic E-state index is 0.610. The van der Waals surface area contributed by atoms with Gasteiger partial charge in [-0.15, -0.1) is 0 Å². The van der Waals surface area contributed by atoms with Crippen LogP contribution in [-0.4, -0.2) is 19.8 Å². The third-order valence-electron chi connectivity index (χ3n) is 2.97. The van der Waals surface area contributed by atoms with Gasteiger partial charge >= 0.3 is 0 Å². The first-order valence-corrected chi connectivity index (χ1v) is 6.66. The van der Waals surface area contributed by atoms with Crippen molar-refractivity contribution in [1.29, 1.82) is 0 Å². The van der Waals surface area contributed by atoms with Gasteiger partial charge in [0.25, 0.3) is 0 Å². The largest absolute Gasteiger partial charge is 0.493 e. The molecule has 0 spiro atoms. The third kappa shape index (κ3) is 4.38. The zero-order valence-electron chi connectivity index (χ0n) is 9.62. The van der Waals surface area contributed by atoms with E-state index in [2.05, 4.69) is 0 Å². The Morgan fingerprint density at radius 3 is 2.41 bits per heavy atom. The fraction of sp³-hybridized carbons (Fsp3) is 0.538. The van der Waals surface area contributed by atoms with Crippen LogP contribution in [0.1, 0.15) is 19.3 Å². The number of benzene rings is 1. The van der Waals surface area contributed by atoms with Crippen molar-refractivity contribution < 1.29 is 9.47 Å². The molecule has 0 aromatic heterocycles. The van der Waals surface area contributed by atoms with Gasteiger partial charge in [0.05, 0.1) is 6.61 Å². The smallest absolute Gasteiger partial charge is 0.122 e. The second-order valence-corrected chi connectivity index (χ2v) is 5.17. The first-order valence-electron chi connectivity index (χ1n) is 5.90. The van der Waals surface area contributed by atoms with Gasteiger partial charge in [-0.3, -0.25) is 0 Å². The van der Waals surface area contributed by atoms with E-state index < -0.39 is 0 Å². The molecule has 0 aliphatic carbocycles. The SMILES string of the molecule is Clc1cc(Cl)cc(OCCC2CCOCC2)c1. The lowest BCUT2D eigenvalue weighted by Crippen LogP contribution is -2.17. The van der Waals surface area contributed by atoms with Gasteiger partial charge in [-0.05, 0) is 43.4 Å². The van der Waals surface area contributed by atoms with Crippen molar-refractivity contribution in [3.63, 3.8) is 0 Å². The molecule has 0 saturated carbocycles. The van der Waals surface area contributed by atoms with E-state index in [0.29, 0.717) is 16.7 Å². The normalized spacial score (nSPS) is 17.1. The first kappa shape index (κ1) is 13.0. The van der Waals surface area contributed by atoms with Crippen LogP contribution in [-0.2, 0) is 4.74 Å². The predicted octanol–water partition coefficient (Wildman–Crippen LogP) is 4.19. The molecule has 17 heavy (non-hydrogen) atoms. The highest BCUT2D eigenvalue weighted by atomic mass is 35.5. The summed E-state index contributed by atoms with van der Waals surface area (Å²) in [5, 5.41) is 1.22. The van der Waals surface area contributed by atoms with Gasteiger partial charge in [0.2, 0.25) is 0 Å². The molecule has 2 nitrogen and oxygen atoms in total. The van der Waals surface area contributed by atoms with E-state index in [1.807, 2.05) is 0 Å². The molecule has 1 aromatic rings. The fourth-order valence-electron chi connectivity index (χ4n) is 1.99. The number of hydrogen-bond donors (Lipinski definition) is 0. The Morgan fingerprint density at radius 2 is 1.76 bits per heavy atom. The van der Waals surface area contributed by atoms with Crippen LogP contribution in [0, 0.1) is 5.92 Å². The summed E-state index contributed by atoms with van der Waals surface area (Å²) in [5.74, 6) is 1.47. The van der Waals surface area contributed by atoms with E-state index in [1.165, 1.54) is 0 Å². The average Bonchev–Trinajstić information content (AvgIpc) is 2.29. The van der Waals surface area contributed by atoms with Gasteiger partial charge in [-0.2, -0.15) is 0 Å². The van der Waals surface area contributed by atoms with Crippen molar-refractivity contribution in [2.24, 2.45) is 5.92 Å². The summed E-state index contributed by atoms with van der Waals surface area (Å²) in [5.41, 5.74) is 0. The minimum Gasteiger partial charge on any atom is -0.493 e. The van der Waals surface area contributed by atoms with Crippen LogP contribution in [0.25, 0.3) is 0 Å². The maximum atomic E-state index is 5.90. The van der Waals surface area contributed by atoms with Crippen LogP contribution < -0.4 is 4.74 Å². The second kappa shape index (κ2) is 6.48.